The molecule has 5 nitrogen and oxygen atoms in total. The second kappa shape index (κ2) is 9.29. The zero-order valence-electron chi connectivity index (χ0n) is 18.2. The van der Waals surface area contributed by atoms with E-state index in [1.807, 2.05) is 6.92 Å². The van der Waals surface area contributed by atoms with E-state index in [1.54, 1.807) is 0 Å². The summed E-state index contributed by atoms with van der Waals surface area (Å²) in [5, 5.41) is 7.30. The molecule has 30 heavy (non-hydrogen) atoms. The first-order valence-corrected chi connectivity index (χ1v) is 11.7. The summed E-state index contributed by atoms with van der Waals surface area (Å²) in [7, 11) is 0. The van der Waals surface area contributed by atoms with Crippen molar-refractivity contribution in [2.75, 3.05) is 29.9 Å². The molecular weight excluding hydrogens is 390 g/mol. The van der Waals surface area contributed by atoms with E-state index in [0.717, 1.165) is 37.1 Å². The van der Waals surface area contributed by atoms with E-state index in [4.69, 9.17) is 17.2 Å². The van der Waals surface area contributed by atoms with Gasteiger partial charge in [-0.2, -0.15) is 4.98 Å². The van der Waals surface area contributed by atoms with E-state index >= 15 is 0 Å². The number of anilines is 2. The van der Waals surface area contributed by atoms with Crippen molar-refractivity contribution in [3.8, 4) is 0 Å². The minimum atomic E-state index is 0.163. The smallest absolute Gasteiger partial charge is 0.231 e. The number of hydrogen-bond donors (Lipinski definition) is 2. The largest absolute Gasteiger partial charge is 0.361 e. The molecule has 2 aromatic rings. The molecule has 1 saturated heterocycles. The maximum Gasteiger partial charge on any atom is 0.231 e. The molecule has 1 aliphatic carbocycles. The number of hydrogen-bond acceptors (Lipinski definition) is 4. The highest BCUT2D eigenvalue weighted by molar-refractivity contribution is 7.80. The predicted molar refractivity (Wildman–Crippen MR) is 128 cm³/mol. The Morgan fingerprint density at radius 2 is 1.83 bits per heavy atom. The fourth-order valence-electron chi connectivity index (χ4n) is 4.81. The van der Waals surface area contributed by atoms with Gasteiger partial charge in [-0.3, -0.25) is 0 Å². The lowest BCUT2D eigenvalue weighted by molar-refractivity contribution is 0.435. The van der Waals surface area contributed by atoms with Gasteiger partial charge < -0.3 is 15.5 Å². The van der Waals surface area contributed by atoms with E-state index < -0.39 is 0 Å². The van der Waals surface area contributed by atoms with Crippen molar-refractivity contribution in [3.05, 3.63) is 47.7 Å². The zero-order valence-corrected chi connectivity index (χ0v) is 19.0. The monoisotopic (exact) mass is 423 g/mol. The molecule has 4 rings (SSSR count). The number of piperidine rings is 1. The molecule has 1 saturated carbocycles. The van der Waals surface area contributed by atoms with Crippen LogP contribution < -0.4 is 15.5 Å². The molecule has 1 aliphatic heterocycles. The van der Waals surface area contributed by atoms with Crippen molar-refractivity contribution in [2.45, 2.75) is 57.8 Å². The van der Waals surface area contributed by atoms with Gasteiger partial charge in [0.25, 0.3) is 0 Å². The molecule has 2 fully saturated rings. The Morgan fingerprint density at radius 1 is 1.13 bits per heavy atom. The summed E-state index contributed by atoms with van der Waals surface area (Å²) in [6, 6.07) is 12.9. The maximum absolute atomic E-state index is 5.61. The molecular formula is C24H33N5S. The number of rotatable bonds is 5. The second-order valence-corrected chi connectivity index (χ2v) is 9.43. The van der Waals surface area contributed by atoms with Gasteiger partial charge >= 0.3 is 0 Å². The van der Waals surface area contributed by atoms with Gasteiger partial charge in [0, 0.05) is 36.8 Å². The third-order valence-corrected chi connectivity index (χ3v) is 6.95. The van der Waals surface area contributed by atoms with E-state index in [1.165, 1.54) is 44.1 Å². The van der Waals surface area contributed by atoms with Gasteiger partial charge in [-0.15, -0.1) is 0 Å². The van der Waals surface area contributed by atoms with Crippen LogP contribution in [-0.4, -0.2) is 34.7 Å². The van der Waals surface area contributed by atoms with Gasteiger partial charge in [0.1, 0.15) is 5.82 Å². The molecule has 0 spiro atoms. The van der Waals surface area contributed by atoms with Gasteiger partial charge in [0.05, 0.1) is 0 Å². The summed E-state index contributed by atoms with van der Waals surface area (Å²) in [4.78, 5) is 11.7. The average Bonchev–Trinajstić information content (AvgIpc) is 3.23. The van der Waals surface area contributed by atoms with Crippen molar-refractivity contribution >= 4 is 29.1 Å². The minimum Gasteiger partial charge on any atom is -0.361 e. The van der Waals surface area contributed by atoms with Crippen LogP contribution >= 0.6 is 12.2 Å². The molecule has 2 heterocycles. The van der Waals surface area contributed by atoms with Gasteiger partial charge in [0.2, 0.25) is 5.95 Å². The molecule has 0 bridgehead atoms. The van der Waals surface area contributed by atoms with Crippen LogP contribution in [-0.2, 0) is 5.41 Å². The molecule has 1 aromatic heterocycles. The first kappa shape index (κ1) is 21.0. The Labute approximate surface area is 185 Å². The van der Waals surface area contributed by atoms with Gasteiger partial charge in [-0.1, -0.05) is 50.1 Å². The summed E-state index contributed by atoms with van der Waals surface area (Å²) in [5.74, 6) is 2.38. The molecule has 0 amide bonds. The zero-order chi connectivity index (χ0) is 21.0. The van der Waals surface area contributed by atoms with Crippen molar-refractivity contribution in [1.29, 1.82) is 0 Å². The highest BCUT2D eigenvalue weighted by atomic mass is 32.1. The SMILES string of the molecule is Cc1cc(N2CCC(C)CC2)nc(NC(=S)NCC2(c3ccccc3)CCCC2)n1. The van der Waals surface area contributed by atoms with Crippen LogP contribution in [0.3, 0.4) is 0 Å². The minimum absolute atomic E-state index is 0.163. The Morgan fingerprint density at radius 3 is 2.53 bits per heavy atom. The molecule has 0 radical (unpaired) electrons. The highest BCUT2D eigenvalue weighted by Gasteiger charge is 2.35. The summed E-state index contributed by atoms with van der Waals surface area (Å²) < 4.78 is 0. The number of aromatic nitrogens is 2. The fourth-order valence-corrected chi connectivity index (χ4v) is 4.98. The first-order chi connectivity index (χ1) is 14.5. The van der Waals surface area contributed by atoms with E-state index in [-0.39, 0.29) is 5.41 Å². The second-order valence-electron chi connectivity index (χ2n) is 9.02. The lowest BCUT2D eigenvalue weighted by Gasteiger charge is -2.31. The molecule has 0 atom stereocenters. The Balaban J connectivity index is 1.40. The number of aryl methyl sites for hydroxylation is 1. The van der Waals surface area contributed by atoms with E-state index in [2.05, 4.69) is 63.8 Å². The molecule has 160 valence electrons. The van der Waals surface area contributed by atoms with Crippen LogP contribution in [0.15, 0.2) is 36.4 Å². The topological polar surface area (TPSA) is 53.1 Å². The Hall–Kier alpha value is -2.21. The molecule has 2 aliphatic rings. The van der Waals surface area contributed by atoms with E-state index in [0.29, 0.717) is 11.1 Å². The summed E-state index contributed by atoms with van der Waals surface area (Å²) in [6.07, 6.45) is 7.38. The van der Waals surface area contributed by atoms with Crippen LogP contribution in [0, 0.1) is 12.8 Å². The standard InChI is InChI=1S/C24H33N5S/c1-18-10-14-29(15-11-18)21-16-19(2)26-22(27-21)28-23(30)25-17-24(12-6-7-13-24)20-8-4-3-5-9-20/h3-5,8-9,16,18H,6-7,10-15,17H2,1-2H3,(H2,25,26,27,28,30). The number of nitrogens with zero attached hydrogens (tertiary/aromatic N) is 3. The normalized spacial score (nSPS) is 18.9. The fraction of sp³-hybridized carbons (Fsp3) is 0.542. The number of benzene rings is 1. The number of thiocarbonyl (C=S) groups is 1. The first-order valence-electron chi connectivity index (χ1n) is 11.3. The summed E-state index contributed by atoms with van der Waals surface area (Å²) in [6.45, 7) is 7.29. The van der Waals surface area contributed by atoms with Crippen LogP contribution in [0.5, 0.6) is 0 Å². The van der Waals surface area contributed by atoms with Crippen molar-refractivity contribution in [3.63, 3.8) is 0 Å². The van der Waals surface area contributed by atoms with E-state index in [9.17, 15) is 0 Å². The van der Waals surface area contributed by atoms with Crippen molar-refractivity contribution < 1.29 is 0 Å². The molecule has 2 N–H and O–H groups in total. The third kappa shape index (κ3) is 4.91. The Bertz CT molecular complexity index is 855. The van der Waals surface area contributed by atoms with Crippen LogP contribution in [0.1, 0.15) is 56.7 Å². The average molecular weight is 424 g/mol. The van der Waals surface area contributed by atoms with Crippen molar-refractivity contribution in [2.24, 2.45) is 5.92 Å². The van der Waals surface area contributed by atoms with Gasteiger partial charge in [-0.25, -0.2) is 4.98 Å². The molecule has 6 heteroatoms. The predicted octanol–water partition coefficient (Wildman–Crippen LogP) is 4.82. The number of nitrogens with one attached hydrogen (secondary N) is 2. The van der Waals surface area contributed by atoms with Crippen LogP contribution in [0.25, 0.3) is 0 Å². The van der Waals surface area contributed by atoms with Gasteiger partial charge in [-0.05, 0) is 56.3 Å². The van der Waals surface area contributed by atoms with Crippen LogP contribution in [0.4, 0.5) is 11.8 Å². The highest BCUT2D eigenvalue weighted by Crippen LogP contribution is 2.40. The van der Waals surface area contributed by atoms with Crippen LogP contribution in [0.2, 0.25) is 0 Å². The molecule has 0 unspecified atom stereocenters. The van der Waals surface area contributed by atoms with Gasteiger partial charge in [0.15, 0.2) is 5.11 Å². The lowest BCUT2D eigenvalue weighted by atomic mass is 9.79. The maximum atomic E-state index is 5.61. The summed E-state index contributed by atoms with van der Waals surface area (Å²) in [5.41, 5.74) is 2.53. The lowest BCUT2D eigenvalue weighted by Crippen LogP contribution is -2.41. The van der Waals surface area contributed by atoms with Crippen molar-refractivity contribution in [1.82, 2.24) is 15.3 Å². The summed E-state index contributed by atoms with van der Waals surface area (Å²) >= 11 is 5.61. The Kier molecular flexibility index (Phi) is 6.52. The quantitative estimate of drug-likeness (QED) is 0.673. The molecule has 1 aromatic carbocycles. The third-order valence-electron chi connectivity index (χ3n) is 6.71.